The molecule has 1 unspecified atom stereocenters. The molecule has 0 aliphatic carbocycles. The molecule has 1 aliphatic rings. The Morgan fingerprint density at radius 3 is 2.67 bits per heavy atom. The first-order chi connectivity index (χ1) is 4.25. The van der Waals surface area contributed by atoms with Crippen LogP contribution in [0.5, 0.6) is 0 Å². The maximum Gasteiger partial charge on any atom is 0.146 e. The van der Waals surface area contributed by atoms with E-state index >= 15 is 0 Å². The minimum absolute atomic E-state index is 0.227. The van der Waals surface area contributed by atoms with Crippen molar-refractivity contribution in [3.63, 3.8) is 0 Å². The van der Waals surface area contributed by atoms with Crippen molar-refractivity contribution in [1.82, 2.24) is 10.1 Å². The lowest BCUT2D eigenvalue weighted by Gasteiger charge is -2.19. The Hall–Kier alpha value is -0.800. The van der Waals surface area contributed by atoms with E-state index in [9.17, 15) is 4.48 Å². The predicted octanol–water partition coefficient (Wildman–Crippen LogP) is 0.798. The van der Waals surface area contributed by atoms with E-state index in [0.717, 1.165) is 6.54 Å². The van der Waals surface area contributed by atoms with E-state index in [1.807, 2.05) is 6.92 Å². The summed E-state index contributed by atoms with van der Waals surface area (Å²) in [7, 11) is 0. The minimum Gasteiger partial charge on any atom is -0.271 e. The third-order valence-corrected chi connectivity index (χ3v) is 1.42. The molecule has 1 atom stereocenters. The summed E-state index contributed by atoms with van der Waals surface area (Å²) in [6.07, 6.45) is 0.962. The van der Waals surface area contributed by atoms with Gasteiger partial charge in [-0.15, -0.1) is 0 Å². The van der Waals surface area contributed by atoms with Crippen LogP contribution in [0.1, 0.15) is 13.8 Å². The van der Waals surface area contributed by atoms with Gasteiger partial charge in [0.15, 0.2) is 0 Å². The van der Waals surface area contributed by atoms with E-state index in [2.05, 4.69) is 5.10 Å². The largest absolute Gasteiger partial charge is 0.271 e. The van der Waals surface area contributed by atoms with E-state index in [0.29, 0.717) is 5.12 Å². The number of rotatable bonds is 1. The van der Waals surface area contributed by atoms with Gasteiger partial charge < -0.3 is 0 Å². The van der Waals surface area contributed by atoms with E-state index in [1.165, 1.54) is 6.34 Å². The summed E-state index contributed by atoms with van der Waals surface area (Å²) in [5, 5.41) is 6.03. The van der Waals surface area contributed by atoms with Crippen molar-refractivity contribution >= 4 is 6.34 Å². The molecule has 0 saturated heterocycles. The van der Waals surface area contributed by atoms with Crippen LogP contribution < -0.4 is 0 Å². The molecule has 1 heterocycles. The van der Waals surface area contributed by atoms with Crippen LogP contribution in [0.25, 0.3) is 0 Å². The molecule has 0 aromatic rings. The second-order valence-corrected chi connectivity index (χ2v) is 1.96. The number of nitrogens with zero attached hydrogens (tertiary/aromatic N) is 3. The van der Waals surface area contributed by atoms with Crippen LogP contribution in [-0.4, -0.2) is 29.2 Å². The van der Waals surface area contributed by atoms with Gasteiger partial charge >= 0.3 is 0 Å². The second-order valence-electron chi connectivity index (χ2n) is 1.96. The van der Waals surface area contributed by atoms with Crippen molar-refractivity contribution in [1.29, 1.82) is 0 Å². The normalized spacial score (nSPS) is 25.9. The Kier molecular flexibility index (Phi) is 1.55. The summed E-state index contributed by atoms with van der Waals surface area (Å²) >= 11 is 0. The van der Waals surface area contributed by atoms with Gasteiger partial charge in [0.05, 0.1) is 0 Å². The number of hydrogen-bond acceptors (Lipinski definition) is 3. The van der Waals surface area contributed by atoms with Crippen molar-refractivity contribution < 1.29 is 4.48 Å². The van der Waals surface area contributed by atoms with Gasteiger partial charge in [-0.3, -0.25) is 5.01 Å². The van der Waals surface area contributed by atoms with Gasteiger partial charge in [-0.1, -0.05) is 4.48 Å². The van der Waals surface area contributed by atoms with E-state index in [1.54, 1.807) is 11.9 Å². The zero-order valence-electron chi connectivity index (χ0n) is 5.58. The topological polar surface area (TPSA) is 18.8 Å². The van der Waals surface area contributed by atoms with Gasteiger partial charge in [0.25, 0.3) is 0 Å². The van der Waals surface area contributed by atoms with Crippen molar-refractivity contribution in [3.8, 4) is 0 Å². The van der Waals surface area contributed by atoms with Crippen LogP contribution in [0.4, 0.5) is 4.48 Å². The van der Waals surface area contributed by atoms with Crippen molar-refractivity contribution in [2.75, 3.05) is 6.54 Å². The lowest BCUT2D eigenvalue weighted by atomic mass is 10.5. The molecule has 0 aromatic carbocycles. The standard InChI is InChI=1S/C5H10FN3/c1-3-9-5(2)8(6)4-7-9/h4-5H,3H2,1-2H3. The summed E-state index contributed by atoms with van der Waals surface area (Å²) in [5.74, 6) is 0. The average Bonchev–Trinajstić information content (AvgIpc) is 2.15. The second kappa shape index (κ2) is 2.21. The van der Waals surface area contributed by atoms with E-state index in [-0.39, 0.29) is 6.17 Å². The Bertz CT molecular complexity index is 125. The molecule has 4 heteroatoms. The van der Waals surface area contributed by atoms with Crippen LogP contribution in [0.2, 0.25) is 0 Å². The highest BCUT2D eigenvalue weighted by Gasteiger charge is 2.21. The Labute approximate surface area is 53.7 Å². The van der Waals surface area contributed by atoms with Gasteiger partial charge in [0.2, 0.25) is 0 Å². The maximum atomic E-state index is 12.4. The number of hydrazone groups is 1. The smallest absolute Gasteiger partial charge is 0.146 e. The van der Waals surface area contributed by atoms with Crippen molar-refractivity contribution in [3.05, 3.63) is 0 Å². The summed E-state index contributed by atoms with van der Waals surface area (Å²) in [6.45, 7) is 4.45. The van der Waals surface area contributed by atoms with Gasteiger partial charge in [0, 0.05) is 6.54 Å². The third-order valence-electron chi connectivity index (χ3n) is 1.42. The Morgan fingerprint density at radius 2 is 2.44 bits per heavy atom. The zero-order valence-corrected chi connectivity index (χ0v) is 5.58. The van der Waals surface area contributed by atoms with Gasteiger partial charge in [0.1, 0.15) is 12.5 Å². The molecule has 9 heavy (non-hydrogen) atoms. The highest BCUT2D eigenvalue weighted by atomic mass is 19.2. The fraction of sp³-hybridized carbons (Fsp3) is 0.800. The number of halogens is 1. The molecule has 0 aromatic heterocycles. The summed E-state index contributed by atoms with van der Waals surface area (Å²) in [4.78, 5) is 0. The lowest BCUT2D eigenvalue weighted by Crippen LogP contribution is -2.31. The molecule has 1 rings (SSSR count). The summed E-state index contributed by atoms with van der Waals surface area (Å²) in [6, 6.07) is 0. The first kappa shape index (κ1) is 6.32. The molecule has 0 amide bonds. The fourth-order valence-corrected chi connectivity index (χ4v) is 0.782. The molecule has 3 nitrogen and oxygen atoms in total. The molecule has 0 N–H and O–H groups in total. The highest BCUT2D eigenvalue weighted by Crippen LogP contribution is 2.10. The fourth-order valence-electron chi connectivity index (χ4n) is 0.782. The molecule has 0 fully saturated rings. The molecule has 52 valence electrons. The molecule has 0 spiro atoms. The van der Waals surface area contributed by atoms with Gasteiger partial charge in [-0.2, -0.15) is 10.2 Å². The van der Waals surface area contributed by atoms with Crippen molar-refractivity contribution in [2.24, 2.45) is 5.10 Å². The average molecular weight is 131 g/mol. The van der Waals surface area contributed by atoms with Crippen LogP contribution in [0.15, 0.2) is 5.10 Å². The monoisotopic (exact) mass is 131 g/mol. The van der Waals surface area contributed by atoms with E-state index in [4.69, 9.17) is 0 Å². The molecule has 1 aliphatic heterocycles. The van der Waals surface area contributed by atoms with Gasteiger partial charge in [-0.25, -0.2) is 0 Å². The Morgan fingerprint density at radius 1 is 1.78 bits per heavy atom. The molecular weight excluding hydrogens is 121 g/mol. The van der Waals surface area contributed by atoms with Crippen LogP contribution in [-0.2, 0) is 0 Å². The highest BCUT2D eigenvalue weighted by molar-refractivity contribution is 5.54. The quantitative estimate of drug-likeness (QED) is 0.490. The van der Waals surface area contributed by atoms with Crippen LogP contribution >= 0.6 is 0 Å². The Balaban J connectivity index is 2.51. The molecule has 0 bridgehead atoms. The lowest BCUT2D eigenvalue weighted by molar-refractivity contribution is 0.0188. The first-order valence-corrected chi connectivity index (χ1v) is 3.00. The van der Waals surface area contributed by atoms with Crippen molar-refractivity contribution in [2.45, 2.75) is 20.0 Å². The SMILES string of the molecule is CCN1N=CN(F)C1C. The zero-order chi connectivity index (χ0) is 6.85. The summed E-state index contributed by atoms with van der Waals surface area (Å²) < 4.78 is 12.4. The minimum atomic E-state index is -0.227. The number of hydrogen-bond donors (Lipinski definition) is 0. The van der Waals surface area contributed by atoms with Crippen LogP contribution in [0, 0.1) is 0 Å². The predicted molar refractivity (Wildman–Crippen MR) is 33.3 cm³/mol. The van der Waals surface area contributed by atoms with Crippen LogP contribution in [0.3, 0.4) is 0 Å². The summed E-state index contributed by atoms with van der Waals surface area (Å²) in [5.41, 5.74) is 0. The molecule has 0 saturated carbocycles. The van der Waals surface area contributed by atoms with Gasteiger partial charge in [-0.05, 0) is 13.8 Å². The molecular formula is C5H10FN3. The first-order valence-electron chi connectivity index (χ1n) is 3.00. The molecule has 0 radical (unpaired) electrons. The third kappa shape index (κ3) is 0.966. The van der Waals surface area contributed by atoms with E-state index < -0.39 is 0 Å². The maximum absolute atomic E-state index is 12.4.